The van der Waals surface area contributed by atoms with Gasteiger partial charge in [0.05, 0.1) is 0 Å². The summed E-state index contributed by atoms with van der Waals surface area (Å²) in [4.78, 5) is 11.8. The molecule has 2 heteroatoms. The highest BCUT2D eigenvalue weighted by atomic mass is 16.3. The molecule has 4 aliphatic rings. The molecule has 2 unspecified atom stereocenters. The number of carbonyl (C=O) groups is 1. The molecule has 0 radical (unpaired) electrons. The van der Waals surface area contributed by atoms with E-state index < -0.39 is 5.60 Å². The predicted octanol–water partition coefficient (Wildman–Crippen LogP) is 4.05. The minimum atomic E-state index is -0.973. The quantitative estimate of drug-likeness (QED) is 0.583. The highest BCUT2D eigenvalue weighted by Crippen LogP contribution is 2.67. The molecule has 4 rings (SSSR count). The van der Waals surface area contributed by atoms with Crippen molar-refractivity contribution in [3.8, 4) is 12.3 Å². The van der Waals surface area contributed by atoms with Crippen LogP contribution in [0, 0.1) is 41.4 Å². The van der Waals surface area contributed by atoms with E-state index in [9.17, 15) is 9.90 Å². The van der Waals surface area contributed by atoms with Gasteiger partial charge in [0.2, 0.25) is 0 Å². The second-order valence-corrected chi connectivity index (χ2v) is 8.55. The zero-order valence-corrected chi connectivity index (χ0v) is 14.7. The van der Waals surface area contributed by atoms with Gasteiger partial charge < -0.3 is 5.11 Å². The van der Waals surface area contributed by atoms with Gasteiger partial charge in [-0.25, -0.2) is 0 Å². The van der Waals surface area contributed by atoms with Crippen LogP contribution in [-0.4, -0.2) is 16.5 Å². The zero-order valence-electron chi connectivity index (χ0n) is 14.7. The molecule has 0 aromatic carbocycles. The Kier molecular flexibility index (Phi) is 3.59. The number of fused-ring (bicyclic) bond motifs is 5. The molecular formula is C22H28O2. The van der Waals surface area contributed by atoms with Crippen molar-refractivity contribution in [3.63, 3.8) is 0 Å². The molecule has 0 amide bonds. The molecule has 0 spiro atoms. The first kappa shape index (κ1) is 16.2. The zero-order chi connectivity index (χ0) is 17.1. The van der Waals surface area contributed by atoms with Gasteiger partial charge in [-0.2, -0.15) is 0 Å². The van der Waals surface area contributed by atoms with Crippen LogP contribution in [0.25, 0.3) is 0 Å². The average Bonchev–Trinajstić information content (AvgIpc) is 2.88. The van der Waals surface area contributed by atoms with Crippen LogP contribution in [-0.2, 0) is 4.79 Å². The molecule has 0 aliphatic heterocycles. The van der Waals surface area contributed by atoms with Gasteiger partial charge in [-0.1, -0.05) is 30.6 Å². The summed E-state index contributed by atoms with van der Waals surface area (Å²) in [6.07, 6.45) is 15.1. The Hall–Kier alpha value is -1.33. The van der Waals surface area contributed by atoms with E-state index in [1.165, 1.54) is 11.1 Å². The summed E-state index contributed by atoms with van der Waals surface area (Å²) in [7, 11) is 0. The molecule has 128 valence electrons. The lowest BCUT2D eigenvalue weighted by Crippen LogP contribution is -2.54. The Balaban J connectivity index is 1.74. The largest absolute Gasteiger partial charge is 0.377 e. The lowest BCUT2D eigenvalue weighted by Gasteiger charge is -2.56. The number of rotatable bonds is 1. The van der Waals surface area contributed by atoms with Crippen molar-refractivity contribution < 1.29 is 9.90 Å². The molecule has 0 aromatic heterocycles. The third kappa shape index (κ3) is 1.91. The van der Waals surface area contributed by atoms with E-state index in [1.54, 1.807) is 0 Å². The van der Waals surface area contributed by atoms with Crippen LogP contribution in [0.4, 0.5) is 0 Å². The molecule has 2 nitrogen and oxygen atoms in total. The first-order chi connectivity index (χ1) is 11.5. The molecule has 0 heterocycles. The molecule has 0 bridgehead atoms. The van der Waals surface area contributed by atoms with Gasteiger partial charge in [-0.05, 0) is 74.7 Å². The lowest BCUT2D eigenvalue weighted by molar-refractivity contribution is -0.116. The van der Waals surface area contributed by atoms with E-state index in [-0.39, 0.29) is 5.41 Å². The second-order valence-electron chi connectivity index (χ2n) is 8.55. The van der Waals surface area contributed by atoms with E-state index in [1.807, 2.05) is 6.08 Å². The van der Waals surface area contributed by atoms with Crippen molar-refractivity contribution >= 4 is 5.78 Å². The molecule has 4 aliphatic carbocycles. The summed E-state index contributed by atoms with van der Waals surface area (Å²) in [6, 6.07) is 0. The van der Waals surface area contributed by atoms with Crippen LogP contribution in [0.3, 0.4) is 0 Å². The summed E-state index contributed by atoms with van der Waals surface area (Å²) in [6.45, 7) is 6.65. The minimum Gasteiger partial charge on any atom is -0.377 e. The Labute approximate surface area is 145 Å². The number of aliphatic hydroxyl groups is 1. The van der Waals surface area contributed by atoms with Gasteiger partial charge in [0, 0.05) is 11.8 Å². The van der Waals surface area contributed by atoms with Crippen LogP contribution in [0.1, 0.15) is 58.3 Å². The van der Waals surface area contributed by atoms with Crippen LogP contribution in [0.2, 0.25) is 0 Å². The molecular weight excluding hydrogens is 296 g/mol. The maximum absolute atomic E-state index is 11.8. The molecule has 0 aromatic rings. The lowest BCUT2D eigenvalue weighted by atomic mass is 9.48. The fourth-order valence-corrected chi connectivity index (χ4v) is 6.90. The summed E-state index contributed by atoms with van der Waals surface area (Å²) < 4.78 is 0. The van der Waals surface area contributed by atoms with Gasteiger partial charge in [0.25, 0.3) is 0 Å². The number of allylic oxidation sites excluding steroid dienone is 2. The van der Waals surface area contributed by atoms with Gasteiger partial charge in [-0.3, -0.25) is 4.79 Å². The van der Waals surface area contributed by atoms with E-state index in [0.29, 0.717) is 35.9 Å². The highest BCUT2D eigenvalue weighted by Gasteiger charge is 2.64. The number of hydrogen-bond donors (Lipinski definition) is 1. The summed E-state index contributed by atoms with van der Waals surface area (Å²) in [5.74, 6) is 5.13. The predicted molar refractivity (Wildman–Crippen MR) is 95.0 cm³/mol. The Morgan fingerprint density at radius 1 is 1.38 bits per heavy atom. The van der Waals surface area contributed by atoms with Crippen LogP contribution in [0.5, 0.6) is 0 Å². The van der Waals surface area contributed by atoms with E-state index >= 15 is 0 Å². The monoisotopic (exact) mass is 324 g/mol. The van der Waals surface area contributed by atoms with Crippen molar-refractivity contribution in [2.75, 3.05) is 0 Å². The third-order valence-corrected chi connectivity index (χ3v) is 7.94. The van der Waals surface area contributed by atoms with Crippen molar-refractivity contribution in [1.82, 2.24) is 0 Å². The van der Waals surface area contributed by atoms with Crippen molar-refractivity contribution in [2.45, 2.75) is 63.9 Å². The highest BCUT2D eigenvalue weighted by molar-refractivity contribution is 5.91. The third-order valence-electron chi connectivity index (χ3n) is 7.94. The fourth-order valence-electron chi connectivity index (χ4n) is 6.90. The minimum absolute atomic E-state index is 0.189. The smallest absolute Gasteiger partial charge is 0.155 e. The van der Waals surface area contributed by atoms with Crippen molar-refractivity contribution in [2.24, 2.45) is 29.1 Å². The summed E-state index contributed by atoms with van der Waals surface area (Å²) in [5, 5.41) is 11.2. The molecule has 6 atom stereocenters. The van der Waals surface area contributed by atoms with E-state index in [4.69, 9.17) is 6.42 Å². The van der Waals surface area contributed by atoms with Gasteiger partial charge in [0.15, 0.2) is 5.78 Å². The first-order valence-electron chi connectivity index (χ1n) is 9.57. The topological polar surface area (TPSA) is 37.3 Å². The molecule has 1 N–H and O–H groups in total. The maximum atomic E-state index is 11.8. The standard InChI is InChI=1S/C22H28O2/c1-4-21-13-14(3)20-17-9-7-16(23)12-15(17)6-8-18(20)19(21)10-11-22(21,24)5-2/h2,12,17-20,24H,3-4,6-11,13H2,1H3/t17?,18-,19-,20?,21+,22-/m0/s1. The Bertz CT molecular complexity index is 666. The Morgan fingerprint density at radius 2 is 2.17 bits per heavy atom. The average molecular weight is 324 g/mol. The van der Waals surface area contributed by atoms with Gasteiger partial charge in [-0.15, -0.1) is 6.42 Å². The molecule has 3 fully saturated rings. The second kappa shape index (κ2) is 5.33. The van der Waals surface area contributed by atoms with Gasteiger partial charge >= 0.3 is 0 Å². The maximum Gasteiger partial charge on any atom is 0.155 e. The SMILES string of the molecule is C#C[C@]1(O)CC[C@H]2[C@@H]3CCC4=CC(=O)CCC4C3C(=C)C[C@]21CC. The fraction of sp³-hybridized carbons (Fsp3) is 0.682. The van der Waals surface area contributed by atoms with Gasteiger partial charge in [0.1, 0.15) is 5.60 Å². The van der Waals surface area contributed by atoms with Crippen LogP contribution in [0.15, 0.2) is 23.8 Å². The molecule has 3 saturated carbocycles. The number of carbonyl (C=O) groups excluding carboxylic acids is 1. The van der Waals surface area contributed by atoms with E-state index in [2.05, 4.69) is 19.4 Å². The van der Waals surface area contributed by atoms with E-state index in [0.717, 1.165) is 44.9 Å². The summed E-state index contributed by atoms with van der Waals surface area (Å²) >= 11 is 0. The van der Waals surface area contributed by atoms with Crippen LogP contribution < -0.4 is 0 Å². The Morgan fingerprint density at radius 3 is 2.88 bits per heavy atom. The van der Waals surface area contributed by atoms with Crippen molar-refractivity contribution in [1.29, 1.82) is 0 Å². The van der Waals surface area contributed by atoms with Crippen LogP contribution >= 0.6 is 0 Å². The molecule has 24 heavy (non-hydrogen) atoms. The number of hydrogen-bond acceptors (Lipinski definition) is 2. The first-order valence-corrected chi connectivity index (χ1v) is 9.57. The number of terminal acetylenes is 1. The summed E-state index contributed by atoms with van der Waals surface area (Å²) in [5.41, 5.74) is 1.48. The number of ketones is 1. The van der Waals surface area contributed by atoms with Crippen molar-refractivity contribution in [3.05, 3.63) is 23.8 Å². The normalized spacial score (nSPS) is 47.3. The molecule has 0 saturated heterocycles.